The summed E-state index contributed by atoms with van der Waals surface area (Å²) in [6.45, 7) is 5.27. The summed E-state index contributed by atoms with van der Waals surface area (Å²) in [5, 5.41) is 0. The third-order valence-corrected chi connectivity index (χ3v) is 2.02. The van der Waals surface area contributed by atoms with Crippen LogP contribution in [0.25, 0.3) is 0 Å². The molecule has 16 heavy (non-hydrogen) atoms. The van der Waals surface area contributed by atoms with Gasteiger partial charge < -0.3 is 5.73 Å². The lowest BCUT2D eigenvalue weighted by Crippen LogP contribution is -2.15. The Balaban J connectivity index is 0.00000225. The van der Waals surface area contributed by atoms with Crippen LogP contribution in [-0.4, -0.2) is 0 Å². The summed E-state index contributed by atoms with van der Waals surface area (Å²) in [6.07, 6.45) is 0.220. The molecule has 90 valence electrons. The second kappa shape index (κ2) is 5.92. The molecule has 1 aromatic carbocycles. The van der Waals surface area contributed by atoms with Crippen molar-refractivity contribution >= 4 is 12.4 Å². The topological polar surface area (TPSA) is 26.0 Å². The molecule has 5 heteroatoms. The Kier molecular flexibility index (Phi) is 5.55. The molecule has 0 amide bonds. The van der Waals surface area contributed by atoms with E-state index in [4.69, 9.17) is 5.73 Å². The van der Waals surface area contributed by atoms with Crippen LogP contribution in [0, 0.1) is 17.5 Å². The molecule has 1 atom stereocenters. The van der Waals surface area contributed by atoms with Crippen LogP contribution in [-0.2, 0) is 0 Å². The Morgan fingerprint density at radius 1 is 1.31 bits per heavy atom. The Bertz CT molecular complexity index is 393. The van der Waals surface area contributed by atoms with Crippen molar-refractivity contribution in [1.29, 1.82) is 0 Å². The number of rotatable bonds is 3. The van der Waals surface area contributed by atoms with E-state index in [9.17, 15) is 13.2 Å². The first-order valence-electron chi connectivity index (χ1n) is 4.46. The quantitative estimate of drug-likeness (QED) is 0.646. The molecule has 1 rings (SSSR count). The first-order valence-corrected chi connectivity index (χ1v) is 4.46. The van der Waals surface area contributed by atoms with Gasteiger partial charge >= 0.3 is 0 Å². The smallest absolute Gasteiger partial charge is 0.166 e. The SMILES string of the molecule is C=C(C)C[C@@H](N)c1c(F)ccc(F)c1F.Cl. The molecule has 0 aromatic heterocycles. The molecule has 0 bridgehead atoms. The predicted molar refractivity (Wildman–Crippen MR) is 59.9 cm³/mol. The molecule has 0 saturated heterocycles. The van der Waals surface area contributed by atoms with E-state index in [2.05, 4.69) is 6.58 Å². The lowest BCUT2D eigenvalue weighted by Gasteiger charge is -2.13. The van der Waals surface area contributed by atoms with Gasteiger partial charge in [-0.3, -0.25) is 0 Å². The zero-order valence-electron chi connectivity index (χ0n) is 8.77. The summed E-state index contributed by atoms with van der Waals surface area (Å²) in [4.78, 5) is 0. The number of hydrogen-bond acceptors (Lipinski definition) is 1. The Morgan fingerprint density at radius 3 is 2.31 bits per heavy atom. The maximum Gasteiger partial charge on any atom is 0.166 e. The molecular formula is C11H13ClF3N. The summed E-state index contributed by atoms with van der Waals surface area (Å²) in [7, 11) is 0. The summed E-state index contributed by atoms with van der Waals surface area (Å²) in [6, 6.07) is 0.700. The van der Waals surface area contributed by atoms with Gasteiger partial charge in [-0.2, -0.15) is 0 Å². The van der Waals surface area contributed by atoms with Crippen molar-refractivity contribution in [3.8, 4) is 0 Å². The van der Waals surface area contributed by atoms with Crippen LogP contribution in [0.3, 0.4) is 0 Å². The van der Waals surface area contributed by atoms with E-state index in [-0.39, 0.29) is 18.8 Å². The van der Waals surface area contributed by atoms with E-state index in [1.165, 1.54) is 0 Å². The first kappa shape index (κ1) is 15.0. The lowest BCUT2D eigenvalue weighted by molar-refractivity contribution is 0.464. The van der Waals surface area contributed by atoms with Crippen LogP contribution in [0.15, 0.2) is 24.3 Å². The van der Waals surface area contributed by atoms with E-state index in [0.717, 1.165) is 12.1 Å². The molecule has 0 radical (unpaired) electrons. The third-order valence-electron chi connectivity index (χ3n) is 2.02. The summed E-state index contributed by atoms with van der Waals surface area (Å²) in [5.41, 5.74) is 5.83. The second-order valence-electron chi connectivity index (χ2n) is 3.52. The van der Waals surface area contributed by atoms with Gasteiger partial charge in [-0.15, -0.1) is 19.0 Å². The van der Waals surface area contributed by atoms with Gasteiger partial charge in [0.1, 0.15) is 5.82 Å². The highest BCUT2D eigenvalue weighted by molar-refractivity contribution is 5.85. The molecule has 0 saturated carbocycles. The van der Waals surface area contributed by atoms with Crippen molar-refractivity contribution in [2.24, 2.45) is 5.73 Å². The maximum absolute atomic E-state index is 13.2. The summed E-state index contributed by atoms with van der Waals surface area (Å²) in [5.74, 6) is -3.14. The van der Waals surface area contributed by atoms with Gasteiger partial charge in [0.2, 0.25) is 0 Å². The largest absolute Gasteiger partial charge is 0.324 e. The molecule has 0 heterocycles. The molecule has 1 aromatic rings. The van der Waals surface area contributed by atoms with E-state index in [0.29, 0.717) is 5.57 Å². The van der Waals surface area contributed by atoms with Gasteiger partial charge in [-0.1, -0.05) is 5.57 Å². The maximum atomic E-state index is 13.2. The minimum absolute atomic E-state index is 0. The van der Waals surface area contributed by atoms with E-state index >= 15 is 0 Å². The van der Waals surface area contributed by atoms with Crippen molar-refractivity contribution in [3.63, 3.8) is 0 Å². The fraction of sp³-hybridized carbons (Fsp3) is 0.273. The lowest BCUT2D eigenvalue weighted by atomic mass is 10.00. The minimum atomic E-state index is -1.22. The van der Waals surface area contributed by atoms with Crippen molar-refractivity contribution in [3.05, 3.63) is 47.3 Å². The Morgan fingerprint density at radius 2 is 1.81 bits per heavy atom. The number of nitrogens with two attached hydrogens (primary N) is 1. The zero-order valence-corrected chi connectivity index (χ0v) is 9.58. The van der Waals surface area contributed by atoms with Crippen molar-refractivity contribution < 1.29 is 13.2 Å². The summed E-state index contributed by atoms with van der Waals surface area (Å²) < 4.78 is 39.3. The zero-order chi connectivity index (χ0) is 11.6. The van der Waals surface area contributed by atoms with Crippen molar-refractivity contribution in [2.45, 2.75) is 19.4 Å². The Hall–Kier alpha value is -1.00. The molecule has 0 aliphatic heterocycles. The van der Waals surface area contributed by atoms with Gasteiger partial charge in [-0.05, 0) is 25.5 Å². The molecule has 0 unspecified atom stereocenters. The average Bonchev–Trinajstić information content (AvgIpc) is 2.11. The van der Waals surface area contributed by atoms with Gasteiger partial charge in [0, 0.05) is 11.6 Å². The van der Waals surface area contributed by atoms with Gasteiger partial charge in [0.05, 0.1) is 0 Å². The number of hydrogen-bond donors (Lipinski definition) is 1. The average molecular weight is 252 g/mol. The standard InChI is InChI=1S/C11H12F3N.ClH/c1-6(2)5-9(15)10-7(12)3-4-8(13)11(10)14;/h3-4,9H,1,5,15H2,2H3;1H/t9-;/m1./s1. The minimum Gasteiger partial charge on any atom is -0.324 e. The van der Waals surface area contributed by atoms with Gasteiger partial charge in [0.25, 0.3) is 0 Å². The van der Waals surface area contributed by atoms with Crippen LogP contribution in [0.4, 0.5) is 13.2 Å². The van der Waals surface area contributed by atoms with Gasteiger partial charge in [0.15, 0.2) is 11.6 Å². The van der Waals surface area contributed by atoms with E-state index in [1.54, 1.807) is 6.92 Å². The van der Waals surface area contributed by atoms with Crippen molar-refractivity contribution in [1.82, 2.24) is 0 Å². The highest BCUT2D eigenvalue weighted by Gasteiger charge is 2.19. The molecular weight excluding hydrogens is 239 g/mol. The highest BCUT2D eigenvalue weighted by atomic mass is 35.5. The first-order chi connectivity index (χ1) is 6.93. The third kappa shape index (κ3) is 3.25. The second-order valence-corrected chi connectivity index (χ2v) is 3.52. The molecule has 2 N–H and O–H groups in total. The normalized spacial score (nSPS) is 11.8. The van der Waals surface area contributed by atoms with Crippen molar-refractivity contribution in [2.75, 3.05) is 0 Å². The van der Waals surface area contributed by atoms with E-state index in [1.807, 2.05) is 0 Å². The van der Waals surface area contributed by atoms with Gasteiger partial charge in [-0.25, -0.2) is 13.2 Å². The molecule has 0 aliphatic carbocycles. The Labute approximate surface area is 98.6 Å². The van der Waals surface area contributed by atoms with E-state index < -0.39 is 29.1 Å². The fourth-order valence-electron chi connectivity index (χ4n) is 1.36. The van der Waals surface area contributed by atoms with Crippen LogP contribution in [0.5, 0.6) is 0 Å². The number of benzene rings is 1. The molecule has 1 nitrogen and oxygen atoms in total. The fourth-order valence-corrected chi connectivity index (χ4v) is 1.36. The molecule has 0 aliphatic rings. The van der Waals surface area contributed by atoms with Crippen LogP contribution < -0.4 is 5.73 Å². The number of halogens is 4. The molecule has 0 spiro atoms. The molecule has 0 fully saturated rings. The highest BCUT2D eigenvalue weighted by Crippen LogP contribution is 2.25. The monoisotopic (exact) mass is 251 g/mol. The van der Waals surface area contributed by atoms with Crippen LogP contribution in [0.2, 0.25) is 0 Å². The predicted octanol–water partition coefficient (Wildman–Crippen LogP) is 3.49. The summed E-state index contributed by atoms with van der Waals surface area (Å²) >= 11 is 0. The van der Waals surface area contributed by atoms with Crippen LogP contribution >= 0.6 is 12.4 Å². The van der Waals surface area contributed by atoms with Crippen LogP contribution in [0.1, 0.15) is 24.9 Å².